The van der Waals surface area contributed by atoms with Gasteiger partial charge in [-0.15, -0.1) is 12.4 Å². The second-order valence-corrected chi connectivity index (χ2v) is 5.86. The topological polar surface area (TPSA) is 46.3 Å². The van der Waals surface area contributed by atoms with Gasteiger partial charge in [0.1, 0.15) is 0 Å². The maximum Gasteiger partial charge on any atom is 0.222 e. The third-order valence-electron chi connectivity index (χ3n) is 3.86. The maximum atomic E-state index is 12.2. The Morgan fingerprint density at radius 1 is 1.32 bits per heavy atom. The smallest absolute Gasteiger partial charge is 0.222 e. The molecule has 0 aromatic heterocycles. The van der Waals surface area contributed by atoms with E-state index in [2.05, 4.69) is 11.8 Å². The number of carbonyl (C=O) groups is 1. The van der Waals surface area contributed by atoms with Gasteiger partial charge in [0.25, 0.3) is 0 Å². The van der Waals surface area contributed by atoms with Crippen molar-refractivity contribution in [3.05, 3.63) is 0 Å². The zero-order chi connectivity index (χ0) is 13.4. The highest BCUT2D eigenvalue weighted by Gasteiger charge is 2.20. The first kappa shape index (κ1) is 18.7. The van der Waals surface area contributed by atoms with Crippen LogP contribution in [-0.2, 0) is 4.79 Å². The van der Waals surface area contributed by atoms with E-state index < -0.39 is 0 Å². The minimum Gasteiger partial charge on any atom is -0.342 e. The molecule has 0 aromatic rings. The molecule has 1 rings (SSSR count). The molecule has 0 saturated heterocycles. The number of rotatable bonds is 7. The summed E-state index contributed by atoms with van der Waals surface area (Å²) in [6.07, 6.45) is 9.16. The monoisotopic (exact) mass is 290 g/mol. The van der Waals surface area contributed by atoms with E-state index in [0.717, 1.165) is 31.8 Å². The first-order chi connectivity index (χ1) is 8.63. The third kappa shape index (κ3) is 7.78. The van der Waals surface area contributed by atoms with Crippen LogP contribution in [0.15, 0.2) is 0 Å². The summed E-state index contributed by atoms with van der Waals surface area (Å²) in [6.45, 7) is 6.01. The van der Waals surface area contributed by atoms with Gasteiger partial charge in [-0.25, -0.2) is 0 Å². The summed E-state index contributed by atoms with van der Waals surface area (Å²) in [5.41, 5.74) is 5.73. The molecule has 114 valence electrons. The van der Waals surface area contributed by atoms with Gasteiger partial charge in [-0.05, 0) is 38.5 Å². The molecule has 19 heavy (non-hydrogen) atoms. The predicted octanol–water partition coefficient (Wildman–Crippen LogP) is 3.35. The van der Waals surface area contributed by atoms with Gasteiger partial charge < -0.3 is 10.6 Å². The van der Waals surface area contributed by atoms with Crippen molar-refractivity contribution in [3.8, 4) is 0 Å². The lowest BCUT2D eigenvalue weighted by atomic mass is 9.89. The molecule has 1 saturated carbocycles. The molecule has 2 N–H and O–H groups in total. The summed E-state index contributed by atoms with van der Waals surface area (Å²) < 4.78 is 0. The van der Waals surface area contributed by atoms with Crippen LogP contribution in [0.4, 0.5) is 0 Å². The van der Waals surface area contributed by atoms with E-state index in [9.17, 15) is 4.79 Å². The van der Waals surface area contributed by atoms with E-state index in [1.54, 1.807) is 0 Å². The number of nitrogens with zero attached hydrogens (tertiary/aromatic N) is 1. The normalized spacial score (nSPS) is 17.6. The van der Waals surface area contributed by atoms with E-state index in [-0.39, 0.29) is 18.4 Å². The third-order valence-corrected chi connectivity index (χ3v) is 3.86. The highest BCUT2D eigenvalue weighted by molar-refractivity contribution is 5.85. The van der Waals surface area contributed by atoms with Gasteiger partial charge in [0.15, 0.2) is 0 Å². The van der Waals surface area contributed by atoms with Gasteiger partial charge in [-0.1, -0.05) is 26.2 Å². The first-order valence-corrected chi connectivity index (χ1v) is 7.66. The molecule has 4 heteroatoms. The van der Waals surface area contributed by atoms with E-state index in [0.29, 0.717) is 12.3 Å². The molecule has 0 spiro atoms. The Morgan fingerprint density at radius 2 is 1.95 bits per heavy atom. The molecule has 0 aromatic carbocycles. The Morgan fingerprint density at radius 3 is 2.47 bits per heavy atom. The zero-order valence-electron chi connectivity index (χ0n) is 12.6. The molecule has 0 radical (unpaired) electrons. The molecule has 1 unspecified atom stereocenters. The summed E-state index contributed by atoms with van der Waals surface area (Å²) in [4.78, 5) is 14.3. The Kier molecular flexibility index (Phi) is 10.3. The lowest BCUT2D eigenvalue weighted by Gasteiger charge is -2.30. The summed E-state index contributed by atoms with van der Waals surface area (Å²) in [6, 6.07) is 0.132. The van der Waals surface area contributed by atoms with E-state index in [1.165, 1.54) is 32.1 Å². The summed E-state index contributed by atoms with van der Waals surface area (Å²) in [7, 11) is 0. The molecule has 0 heterocycles. The van der Waals surface area contributed by atoms with Crippen molar-refractivity contribution in [1.82, 2.24) is 4.90 Å². The molecule has 0 aliphatic heterocycles. The Balaban J connectivity index is 0.00000324. The van der Waals surface area contributed by atoms with E-state index in [1.807, 2.05) is 6.92 Å². The summed E-state index contributed by atoms with van der Waals surface area (Å²) in [5.74, 6) is 1.05. The lowest BCUT2D eigenvalue weighted by Crippen LogP contribution is -2.37. The van der Waals surface area contributed by atoms with Crippen LogP contribution < -0.4 is 5.73 Å². The van der Waals surface area contributed by atoms with Gasteiger partial charge in [0.05, 0.1) is 0 Å². The van der Waals surface area contributed by atoms with Crippen LogP contribution in [0.5, 0.6) is 0 Å². The SMILES string of the molecule is CCCN(CC1CCCCC1)C(=O)CCC(C)N.Cl. The van der Waals surface area contributed by atoms with Gasteiger partial charge in [-0.3, -0.25) is 4.79 Å². The second kappa shape index (κ2) is 10.5. The molecule has 1 atom stereocenters. The van der Waals surface area contributed by atoms with Gasteiger partial charge >= 0.3 is 0 Å². The van der Waals surface area contributed by atoms with Crippen LogP contribution in [0, 0.1) is 5.92 Å². The fourth-order valence-corrected chi connectivity index (χ4v) is 2.78. The largest absolute Gasteiger partial charge is 0.342 e. The van der Waals surface area contributed by atoms with E-state index in [4.69, 9.17) is 5.73 Å². The van der Waals surface area contributed by atoms with Crippen LogP contribution in [0.25, 0.3) is 0 Å². The highest BCUT2D eigenvalue weighted by atomic mass is 35.5. The lowest BCUT2D eigenvalue weighted by molar-refractivity contribution is -0.132. The second-order valence-electron chi connectivity index (χ2n) is 5.86. The van der Waals surface area contributed by atoms with Gasteiger partial charge in [0, 0.05) is 25.6 Å². The van der Waals surface area contributed by atoms with Gasteiger partial charge in [0.2, 0.25) is 5.91 Å². The number of hydrogen-bond acceptors (Lipinski definition) is 2. The Hall–Kier alpha value is -0.280. The fourth-order valence-electron chi connectivity index (χ4n) is 2.78. The summed E-state index contributed by atoms with van der Waals surface area (Å²) in [5, 5.41) is 0. The number of hydrogen-bond donors (Lipinski definition) is 1. The minimum atomic E-state index is 0. The number of halogens is 1. The average Bonchev–Trinajstić information content (AvgIpc) is 2.36. The minimum absolute atomic E-state index is 0. The molecule has 3 nitrogen and oxygen atoms in total. The maximum absolute atomic E-state index is 12.2. The molecule has 0 bridgehead atoms. The standard InChI is InChI=1S/C15H30N2O.ClH/c1-3-11-17(15(18)10-9-13(2)16)12-14-7-5-4-6-8-14;/h13-14H,3-12,16H2,1-2H3;1H. The zero-order valence-corrected chi connectivity index (χ0v) is 13.4. The van der Waals surface area contributed by atoms with Crippen molar-refractivity contribution < 1.29 is 4.79 Å². The number of carbonyl (C=O) groups excluding carboxylic acids is 1. The Labute approximate surface area is 124 Å². The van der Waals surface area contributed by atoms with Crippen LogP contribution in [-0.4, -0.2) is 29.9 Å². The van der Waals surface area contributed by atoms with Crippen LogP contribution in [0.3, 0.4) is 0 Å². The van der Waals surface area contributed by atoms with Crippen LogP contribution in [0.1, 0.15) is 65.2 Å². The van der Waals surface area contributed by atoms with Crippen molar-refractivity contribution in [2.45, 2.75) is 71.3 Å². The van der Waals surface area contributed by atoms with E-state index >= 15 is 0 Å². The molecule has 1 aliphatic carbocycles. The van der Waals surface area contributed by atoms with Gasteiger partial charge in [-0.2, -0.15) is 0 Å². The highest BCUT2D eigenvalue weighted by Crippen LogP contribution is 2.24. The van der Waals surface area contributed by atoms with Crippen molar-refractivity contribution in [2.75, 3.05) is 13.1 Å². The first-order valence-electron chi connectivity index (χ1n) is 7.66. The van der Waals surface area contributed by atoms with Crippen LogP contribution in [0.2, 0.25) is 0 Å². The molecular formula is C15H31ClN2O. The van der Waals surface area contributed by atoms with Crippen molar-refractivity contribution in [3.63, 3.8) is 0 Å². The Bertz CT molecular complexity index is 240. The molecular weight excluding hydrogens is 260 g/mol. The molecule has 1 aliphatic rings. The average molecular weight is 291 g/mol. The van der Waals surface area contributed by atoms with Crippen LogP contribution >= 0.6 is 12.4 Å². The molecule has 1 amide bonds. The summed E-state index contributed by atoms with van der Waals surface area (Å²) >= 11 is 0. The number of amides is 1. The predicted molar refractivity (Wildman–Crippen MR) is 83.6 cm³/mol. The van der Waals surface area contributed by atoms with Crippen molar-refractivity contribution >= 4 is 18.3 Å². The van der Waals surface area contributed by atoms with Crippen molar-refractivity contribution in [2.24, 2.45) is 11.7 Å². The quantitative estimate of drug-likeness (QED) is 0.781. The fraction of sp³-hybridized carbons (Fsp3) is 0.933. The van der Waals surface area contributed by atoms with Crippen molar-refractivity contribution in [1.29, 1.82) is 0 Å². The molecule has 1 fully saturated rings. The number of nitrogens with two attached hydrogens (primary N) is 1.